The topological polar surface area (TPSA) is 40.6 Å². The first kappa shape index (κ1) is 7.36. The highest BCUT2D eigenvalue weighted by Gasteiger charge is 2.20. The Morgan fingerprint density at radius 1 is 1.67 bits per heavy atom. The van der Waals surface area contributed by atoms with Gasteiger partial charge in [-0.05, 0) is 12.1 Å². The molecule has 0 spiro atoms. The van der Waals surface area contributed by atoms with Gasteiger partial charge in [-0.2, -0.15) is 0 Å². The summed E-state index contributed by atoms with van der Waals surface area (Å²) in [5.41, 5.74) is 0. The highest BCUT2D eigenvalue weighted by atomic mass is 16.7. The van der Waals surface area contributed by atoms with Gasteiger partial charge in [0.05, 0.1) is 0 Å². The van der Waals surface area contributed by atoms with Crippen LogP contribution in [0.5, 0.6) is 11.6 Å². The average Bonchev–Trinajstić information content (AvgIpc) is 2.17. The van der Waals surface area contributed by atoms with Crippen molar-refractivity contribution in [1.29, 1.82) is 0 Å². The molecule has 0 amide bonds. The number of hydrogen-bond donors (Lipinski definition) is 0. The van der Waals surface area contributed by atoms with E-state index in [9.17, 15) is 0 Å². The van der Waals surface area contributed by atoms with E-state index < -0.39 is 0 Å². The second-order valence-corrected chi connectivity index (χ2v) is 2.40. The lowest BCUT2D eigenvalue weighted by molar-refractivity contribution is -0.0971. The summed E-state index contributed by atoms with van der Waals surface area (Å²) in [5.74, 6) is 1.17. The standard InChI is InChI=1S/C8H9NO3/c1-10-7-5-11-6-3-2-4-9-8(6)12-7/h2-4,7H,5H2,1H3. The predicted octanol–water partition coefficient (Wildman–Crippen LogP) is 0.825. The van der Waals surface area contributed by atoms with Crippen molar-refractivity contribution in [1.82, 2.24) is 4.98 Å². The number of ether oxygens (including phenoxy) is 3. The molecule has 1 unspecified atom stereocenters. The number of aromatic nitrogens is 1. The number of methoxy groups -OCH3 is 1. The largest absolute Gasteiger partial charge is 0.481 e. The molecule has 0 bridgehead atoms. The quantitative estimate of drug-likeness (QED) is 0.621. The molecular weight excluding hydrogens is 158 g/mol. The van der Waals surface area contributed by atoms with Crippen LogP contribution in [0.15, 0.2) is 18.3 Å². The fourth-order valence-corrected chi connectivity index (χ4v) is 1.01. The second-order valence-electron chi connectivity index (χ2n) is 2.40. The summed E-state index contributed by atoms with van der Waals surface area (Å²) < 4.78 is 15.6. The van der Waals surface area contributed by atoms with E-state index in [2.05, 4.69) is 4.98 Å². The number of rotatable bonds is 1. The molecule has 0 aliphatic carbocycles. The van der Waals surface area contributed by atoms with Crippen molar-refractivity contribution in [2.24, 2.45) is 0 Å². The summed E-state index contributed by atoms with van der Waals surface area (Å²) in [4.78, 5) is 3.99. The predicted molar refractivity (Wildman–Crippen MR) is 41.2 cm³/mol. The number of pyridine rings is 1. The molecule has 1 aromatic heterocycles. The van der Waals surface area contributed by atoms with Crippen LogP contribution in [0, 0.1) is 0 Å². The van der Waals surface area contributed by atoms with Crippen LogP contribution in [-0.2, 0) is 4.74 Å². The van der Waals surface area contributed by atoms with Crippen LogP contribution in [-0.4, -0.2) is 25.0 Å². The molecule has 0 radical (unpaired) electrons. The SMILES string of the molecule is COC1COc2cccnc2O1. The van der Waals surface area contributed by atoms with Gasteiger partial charge in [-0.15, -0.1) is 0 Å². The minimum absolute atomic E-state index is 0.340. The Bertz CT molecular complexity index is 277. The first-order valence-corrected chi connectivity index (χ1v) is 3.67. The lowest BCUT2D eigenvalue weighted by Gasteiger charge is -2.23. The van der Waals surface area contributed by atoms with E-state index in [0.29, 0.717) is 18.2 Å². The van der Waals surface area contributed by atoms with Gasteiger partial charge in [0.25, 0.3) is 5.88 Å². The molecule has 1 aliphatic rings. The number of hydrogen-bond acceptors (Lipinski definition) is 4. The smallest absolute Gasteiger partial charge is 0.259 e. The zero-order valence-electron chi connectivity index (χ0n) is 6.69. The Morgan fingerprint density at radius 2 is 2.58 bits per heavy atom. The second kappa shape index (κ2) is 2.98. The van der Waals surface area contributed by atoms with E-state index in [4.69, 9.17) is 14.2 Å². The summed E-state index contributed by atoms with van der Waals surface area (Å²) >= 11 is 0. The maximum atomic E-state index is 5.32. The molecule has 0 fully saturated rings. The van der Waals surface area contributed by atoms with E-state index in [-0.39, 0.29) is 6.29 Å². The lowest BCUT2D eigenvalue weighted by Crippen LogP contribution is -2.30. The van der Waals surface area contributed by atoms with Gasteiger partial charge in [-0.3, -0.25) is 0 Å². The van der Waals surface area contributed by atoms with Gasteiger partial charge >= 0.3 is 0 Å². The van der Waals surface area contributed by atoms with Crippen LogP contribution in [0.1, 0.15) is 0 Å². The third-order valence-corrected chi connectivity index (χ3v) is 1.62. The minimum atomic E-state index is -0.340. The van der Waals surface area contributed by atoms with Gasteiger partial charge in [-0.25, -0.2) is 4.98 Å². The summed E-state index contributed by atoms with van der Waals surface area (Å²) in [6, 6.07) is 3.61. The monoisotopic (exact) mass is 167 g/mol. The van der Waals surface area contributed by atoms with Gasteiger partial charge < -0.3 is 14.2 Å². The maximum absolute atomic E-state index is 5.32. The highest BCUT2D eigenvalue weighted by Crippen LogP contribution is 2.28. The highest BCUT2D eigenvalue weighted by molar-refractivity contribution is 5.33. The molecule has 12 heavy (non-hydrogen) atoms. The van der Waals surface area contributed by atoms with Crippen molar-refractivity contribution in [3.63, 3.8) is 0 Å². The molecular formula is C8H9NO3. The number of nitrogens with zero attached hydrogens (tertiary/aromatic N) is 1. The van der Waals surface area contributed by atoms with E-state index in [1.165, 1.54) is 0 Å². The van der Waals surface area contributed by atoms with Crippen LogP contribution >= 0.6 is 0 Å². The van der Waals surface area contributed by atoms with Crippen LogP contribution < -0.4 is 9.47 Å². The molecule has 0 saturated carbocycles. The van der Waals surface area contributed by atoms with Crippen LogP contribution in [0.2, 0.25) is 0 Å². The summed E-state index contributed by atoms with van der Waals surface area (Å²) in [6.45, 7) is 0.412. The minimum Gasteiger partial charge on any atom is -0.481 e. The van der Waals surface area contributed by atoms with E-state index in [1.54, 1.807) is 19.4 Å². The van der Waals surface area contributed by atoms with Crippen molar-refractivity contribution < 1.29 is 14.2 Å². The maximum Gasteiger partial charge on any atom is 0.259 e. The third kappa shape index (κ3) is 1.21. The van der Waals surface area contributed by atoms with Crippen molar-refractivity contribution >= 4 is 0 Å². The zero-order valence-corrected chi connectivity index (χ0v) is 6.69. The Morgan fingerprint density at radius 3 is 3.42 bits per heavy atom. The fraction of sp³-hybridized carbons (Fsp3) is 0.375. The Hall–Kier alpha value is -1.29. The molecule has 4 heteroatoms. The molecule has 2 heterocycles. The first-order valence-electron chi connectivity index (χ1n) is 3.67. The van der Waals surface area contributed by atoms with Crippen molar-refractivity contribution in [3.05, 3.63) is 18.3 Å². The fourth-order valence-electron chi connectivity index (χ4n) is 1.01. The molecule has 1 aromatic rings. The van der Waals surface area contributed by atoms with Crippen LogP contribution in [0.3, 0.4) is 0 Å². The Labute approximate surface area is 70.1 Å². The molecule has 64 valence electrons. The molecule has 2 rings (SSSR count). The van der Waals surface area contributed by atoms with Crippen molar-refractivity contribution in [3.8, 4) is 11.6 Å². The van der Waals surface area contributed by atoms with Crippen LogP contribution in [0.4, 0.5) is 0 Å². The average molecular weight is 167 g/mol. The summed E-state index contributed by atoms with van der Waals surface area (Å²) in [7, 11) is 1.57. The number of fused-ring (bicyclic) bond motifs is 1. The van der Waals surface area contributed by atoms with Gasteiger partial charge in [0.2, 0.25) is 6.29 Å². The van der Waals surface area contributed by atoms with Crippen molar-refractivity contribution in [2.75, 3.05) is 13.7 Å². The summed E-state index contributed by atoms with van der Waals surface area (Å²) in [6.07, 6.45) is 1.31. The Balaban J connectivity index is 2.23. The van der Waals surface area contributed by atoms with Crippen LogP contribution in [0.25, 0.3) is 0 Å². The van der Waals surface area contributed by atoms with Gasteiger partial charge in [0.15, 0.2) is 12.4 Å². The van der Waals surface area contributed by atoms with Gasteiger partial charge in [0, 0.05) is 13.3 Å². The molecule has 1 atom stereocenters. The van der Waals surface area contributed by atoms with Gasteiger partial charge in [0.1, 0.15) is 0 Å². The molecule has 0 N–H and O–H groups in total. The van der Waals surface area contributed by atoms with E-state index in [1.807, 2.05) is 6.07 Å². The van der Waals surface area contributed by atoms with Gasteiger partial charge in [-0.1, -0.05) is 0 Å². The molecule has 4 nitrogen and oxygen atoms in total. The molecule has 0 saturated heterocycles. The molecule has 1 aliphatic heterocycles. The van der Waals surface area contributed by atoms with Crippen molar-refractivity contribution in [2.45, 2.75) is 6.29 Å². The van der Waals surface area contributed by atoms with E-state index in [0.717, 1.165) is 0 Å². The van der Waals surface area contributed by atoms with E-state index >= 15 is 0 Å². The molecule has 0 aromatic carbocycles. The summed E-state index contributed by atoms with van der Waals surface area (Å²) in [5, 5.41) is 0. The zero-order chi connectivity index (χ0) is 8.39. The normalized spacial score (nSPS) is 20.6. The first-order chi connectivity index (χ1) is 5.90. The lowest BCUT2D eigenvalue weighted by atomic mass is 10.4. The Kier molecular flexibility index (Phi) is 1.83. The third-order valence-electron chi connectivity index (χ3n) is 1.62.